The molecule has 0 aliphatic carbocycles. The summed E-state index contributed by atoms with van der Waals surface area (Å²) in [4.78, 5) is 19.3. The Morgan fingerprint density at radius 2 is 1.73 bits per heavy atom. The molecule has 2 fully saturated rings. The molecule has 1 amide bonds. The second kappa shape index (κ2) is 10.3. The second-order valence-corrected chi connectivity index (χ2v) is 6.76. The summed E-state index contributed by atoms with van der Waals surface area (Å²) in [6, 6.07) is 6.82. The number of anilines is 1. The molecule has 2 heterocycles. The fraction of sp³-hybridized carbons (Fsp3) is 0.611. The average Bonchev–Trinajstić information content (AvgIpc) is 2.62. The van der Waals surface area contributed by atoms with Gasteiger partial charge in [0.05, 0.1) is 6.04 Å². The van der Waals surface area contributed by atoms with Crippen LogP contribution in [0.15, 0.2) is 24.3 Å². The normalized spacial score (nSPS) is 22.2. The third-order valence-electron chi connectivity index (χ3n) is 5.20. The zero-order valence-electron chi connectivity index (χ0n) is 15.4. The van der Waals surface area contributed by atoms with Crippen LogP contribution >= 0.6 is 24.8 Å². The van der Waals surface area contributed by atoms with E-state index in [4.69, 9.17) is 0 Å². The third kappa shape index (κ3) is 5.22. The molecule has 2 saturated heterocycles. The van der Waals surface area contributed by atoms with Crippen molar-refractivity contribution in [2.75, 3.05) is 50.7 Å². The minimum absolute atomic E-state index is 0. The largest absolute Gasteiger partial charge is 0.369 e. The maximum absolute atomic E-state index is 13.0. The van der Waals surface area contributed by atoms with E-state index < -0.39 is 0 Å². The highest BCUT2D eigenvalue weighted by atomic mass is 35.5. The molecule has 2 atom stereocenters. The van der Waals surface area contributed by atoms with Gasteiger partial charge in [0.25, 0.3) is 0 Å². The number of hydrogen-bond donors (Lipinski definition) is 1. The molecule has 0 aromatic heterocycles. The molecule has 1 aromatic rings. The van der Waals surface area contributed by atoms with Crippen LogP contribution in [0.25, 0.3) is 0 Å². The van der Waals surface area contributed by atoms with E-state index in [0.29, 0.717) is 0 Å². The first-order valence-electron chi connectivity index (χ1n) is 8.82. The Morgan fingerprint density at radius 3 is 2.31 bits per heavy atom. The number of hydrogen-bond acceptors (Lipinski definition) is 4. The monoisotopic (exact) mass is 406 g/mol. The molecular formula is C18H29Cl2FN4O. The van der Waals surface area contributed by atoms with Crippen molar-refractivity contribution < 1.29 is 9.18 Å². The molecular weight excluding hydrogens is 378 g/mol. The van der Waals surface area contributed by atoms with Gasteiger partial charge in [-0.25, -0.2) is 4.39 Å². The van der Waals surface area contributed by atoms with E-state index in [-0.39, 0.29) is 48.6 Å². The summed E-state index contributed by atoms with van der Waals surface area (Å²) >= 11 is 0. The van der Waals surface area contributed by atoms with E-state index in [9.17, 15) is 9.18 Å². The summed E-state index contributed by atoms with van der Waals surface area (Å²) in [7, 11) is 0. The van der Waals surface area contributed by atoms with Gasteiger partial charge < -0.3 is 15.1 Å². The van der Waals surface area contributed by atoms with Crippen molar-refractivity contribution in [2.24, 2.45) is 0 Å². The van der Waals surface area contributed by atoms with Crippen molar-refractivity contribution in [3.05, 3.63) is 30.1 Å². The first kappa shape index (κ1) is 23.0. The van der Waals surface area contributed by atoms with Crippen molar-refractivity contribution in [2.45, 2.75) is 25.9 Å². The van der Waals surface area contributed by atoms with Crippen LogP contribution in [0.5, 0.6) is 0 Å². The van der Waals surface area contributed by atoms with Crippen molar-refractivity contribution in [3.63, 3.8) is 0 Å². The average molecular weight is 407 g/mol. The fourth-order valence-corrected chi connectivity index (χ4v) is 3.58. The van der Waals surface area contributed by atoms with E-state index in [1.54, 1.807) is 0 Å². The van der Waals surface area contributed by atoms with E-state index >= 15 is 0 Å². The van der Waals surface area contributed by atoms with Gasteiger partial charge >= 0.3 is 0 Å². The molecule has 2 aliphatic rings. The molecule has 0 radical (unpaired) electrons. The quantitative estimate of drug-likeness (QED) is 0.832. The van der Waals surface area contributed by atoms with Crippen LogP contribution in [0, 0.1) is 5.82 Å². The molecule has 26 heavy (non-hydrogen) atoms. The van der Waals surface area contributed by atoms with Gasteiger partial charge in [-0.2, -0.15) is 0 Å². The number of halogens is 3. The highest BCUT2D eigenvalue weighted by Gasteiger charge is 2.31. The molecule has 1 unspecified atom stereocenters. The molecule has 8 heteroatoms. The smallest absolute Gasteiger partial charge is 0.239 e. The lowest BCUT2D eigenvalue weighted by molar-refractivity contribution is -0.139. The van der Waals surface area contributed by atoms with Crippen LogP contribution in [0.4, 0.5) is 10.1 Å². The lowest BCUT2D eigenvalue weighted by Crippen LogP contribution is -2.59. The summed E-state index contributed by atoms with van der Waals surface area (Å²) in [5.41, 5.74) is 1.05. The number of nitrogens with one attached hydrogen (secondary N) is 1. The molecule has 2 aliphatic heterocycles. The van der Waals surface area contributed by atoms with Gasteiger partial charge in [-0.1, -0.05) is 0 Å². The standard InChI is InChI=1S/C18H27FN4O.2ClH/c1-14-13-20-7-8-23(14)18(24)15(2)21-9-11-22(12-10-21)17-5-3-16(19)4-6-17;;/h3-6,14-15,20H,7-13H2,1-2H3;2*1H/t14-,15?;;/m0../s1. The predicted octanol–water partition coefficient (Wildman–Crippen LogP) is 2.00. The number of benzene rings is 1. The first-order chi connectivity index (χ1) is 11.6. The Bertz CT molecular complexity index is 567. The van der Waals surface area contributed by atoms with Crippen molar-refractivity contribution >= 4 is 36.4 Å². The first-order valence-corrected chi connectivity index (χ1v) is 8.82. The maximum atomic E-state index is 13.0. The Balaban J connectivity index is 0.00000169. The van der Waals surface area contributed by atoms with E-state index in [0.717, 1.165) is 51.5 Å². The minimum Gasteiger partial charge on any atom is -0.369 e. The van der Waals surface area contributed by atoms with Crippen molar-refractivity contribution in [3.8, 4) is 0 Å². The van der Waals surface area contributed by atoms with Gasteiger partial charge in [0.1, 0.15) is 5.82 Å². The van der Waals surface area contributed by atoms with Gasteiger partial charge in [-0.05, 0) is 38.1 Å². The van der Waals surface area contributed by atoms with Gasteiger partial charge in [0, 0.05) is 57.5 Å². The highest BCUT2D eigenvalue weighted by molar-refractivity contribution is 5.85. The zero-order chi connectivity index (χ0) is 17.1. The van der Waals surface area contributed by atoms with Crippen LogP contribution in [0.2, 0.25) is 0 Å². The lowest BCUT2D eigenvalue weighted by Gasteiger charge is -2.42. The van der Waals surface area contributed by atoms with Crippen LogP contribution in [-0.4, -0.2) is 73.6 Å². The Morgan fingerprint density at radius 1 is 1.12 bits per heavy atom. The number of piperazine rings is 2. The maximum Gasteiger partial charge on any atom is 0.239 e. The molecule has 148 valence electrons. The molecule has 5 nitrogen and oxygen atoms in total. The molecule has 0 saturated carbocycles. The summed E-state index contributed by atoms with van der Waals surface area (Å²) in [6.07, 6.45) is 0. The highest BCUT2D eigenvalue weighted by Crippen LogP contribution is 2.18. The molecule has 3 rings (SSSR count). The number of carbonyl (C=O) groups is 1. The molecule has 1 N–H and O–H groups in total. The topological polar surface area (TPSA) is 38.8 Å². The third-order valence-corrected chi connectivity index (χ3v) is 5.20. The lowest BCUT2D eigenvalue weighted by atomic mass is 10.1. The van der Waals surface area contributed by atoms with Gasteiger partial charge in [0.15, 0.2) is 0 Å². The number of amides is 1. The molecule has 0 bridgehead atoms. The number of rotatable bonds is 3. The SMILES string of the molecule is CC(C(=O)N1CCNC[C@@H]1C)N1CCN(c2ccc(F)cc2)CC1.Cl.Cl. The number of nitrogens with zero attached hydrogens (tertiary/aromatic N) is 3. The van der Waals surface area contributed by atoms with Gasteiger partial charge in [-0.3, -0.25) is 9.69 Å². The molecule has 1 aromatic carbocycles. The van der Waals surface area contributed by atoms with Gasteiger partial charge in [-0.15, -0.1) is 24.8 Å². The minimum atomic E-state index is -0.207. The summed E-state index contributed by atoms with van der Waals surface area (Å²) in [6.45, 7) is 10.1. The molecule has 0 spiro atoms. The van der Waals surface area contributed by atoms with Crippen LogP contribution in [0.3, 0.4) is 0 Å². The van der Waals surface area contributed by atoms with E-state index in [1.165, 1.54) is 12.1 Å². The Kier molecular flexibility index (Phi) is 9.10. The van der Waals surface area contributed by atoms with Crippen LogP contribution in [0.1, 0.15) is 13.8 Å². The zero-order valence-corrected chi connectivity index (χ0v) is 17.0. The number of carbonyl (C=O) groups excluding carboxylic acids is 1. The Labute approximate surface area is 167 Å². The van der Waals surface area contributed by atoms with E-state index in [1.807, 2.05) is 24.0 Å². The second-order valence-electron chi connectivity index (χ2n) is 6.76. The fourth-order valence-electron chi connectivity index (χ4n) is 3.58. The summed E-state index contributed by atoms with van der Waals surface area (Å²) in [5, 5.41) is 3.32. The van der Waals surface area contributed by atoms with Crippen LogP contribution in [-0.2, 0) is 4.79 Å². The van der Waals surface area contributed by atoms with Crippen molar-refractivity contribution in [1.29, 1.82) is 0 Å². The predicted molar refractivity (Wildman–Crippen MR) is 108 cm³/mol. The van der Waals surface area contributed by atoms with Gasteiger partial charge in [0.2, 0.25) is 5.91 Å². The van der Waals surface area contributed by atoms with Crippen molar-refractivity contribution in [1.82, 2.24) is 15.1 Å². The van der Waals surface area contributed by atoms with Crippen LogP contribution < -0.4 is 10.2 Å². The summed E-state index contributed by atoms with van der Waals surface area (Å²) < 4.78 is 13.0. The Hall–Kier alpha value is -1.08. The van der Waals surface area contributed by atoms with E-state index in [2.05, 4.69) is 22.0 Å². The summed E-state index contributed by atoms with van der Waals surface area (Å²) in [5.74, 6) is 0.0287.